The van der Waals surface area contributed by atoms with E-state index in [4.69, 9.17) is 4.42 Å². The lowest BCUT2D eigenvalue weighted by molar-refractivity contribution is -0.254. The SMILES string of the molecule is CCCCCCCc1ccc(-c2cc(C(=O)[O-])c3ccc(Br)cc3n2)o1. The van der Waals surface area contributed by atoms with Crippen molar-refractivity contribution < 1.29 is 14.3 Å². The Hall–Kier alpha value is -2.14. The lowest BCUT2D eigenvalue weighted by Gasteiger charge is -2.09. The van der Waals surface area contributed by atoms with Gasteiger partial charge in [0.15, 0.2) is 5.76 Å². The molecule has 0 bridgehead atoms. The number of aromatic nitrogens is 1. The molecule has 0 atom stereocenters. The van der Waals surface area contributed by atoms with E-state index in [1.807, 2.05) is 12.1 Å². The van der Waals surface area contributed by atoms with E-state index in [9.17, 15) is 9.90 Å². The lowest BCUT2D eigenvalue weighted by Crippen LogP contribution is -2.22. The fourth-order valence-electron chi connectivity index (χ4n) is 3.05. The number of benzene rings is 1. The standard InChI is InChI=1S/C21H22BrNO3/c1-2-3-4-5-6-7-15-9-11-20(26-15)19-13-17(21(24)25)16-10-8-14(22)12-18(16)23-19/h8-13H,2-7H2,1H3,(H,24,25)/p-1. The molecule has 26 heavy (non-hydrogen) atoms. The van der Waals surface area contributed by atoms with Crippen LogP contribution in [0.4, 0.5) is 0 Å². The third-order valence-corrected chi connectivity index (χ3v) is 4.93. The molecule has 5 heteroatoms. The van der Waals surface area contributed by atoms with Crippen LogP contribution in [-0.2, 0) is 6.42 Å². The second kappa shape index (κ2) is 8.49. The van der Waals surface area contributed by atoms with Gasteiger partial charge in [-0.2, -0.15) is 0 Å². The molecule has 0 radical (unpaired) electrons. The summed E-state index contributed by atoms with van der Waals surface area (Å²) in [5.41, 5.74) is 1.22. The molecule has 1 aromatic carbocycles. The summed E-state index contributed by atoms with van der Waals surface area (Å²) in [5.74, 6) is 0.268. The van der Waals surface area contributed by atoms with Gasteiger partial charge in [-0.15, -0.1) is 0 Å². The quantitative estimate of drug-likeness (QED) is 0.478. The van der Waals surface area contributed by atoms with Crippen LogP contribution in [0.1, 0.15) is 55.1 Å². The number of carboxylic acids is 1. The first-order chi connectivity index (χ1) is 12.6. The Balaban J connectivity index is 1.85. The van der Waals surface area contributed by atoms with Crippen molar-refractivity contribution in [2.45, 2.75) is 45.4 Å². The summed E-state index contributed by atoms with van der Waals surface area (Å²) in [5, 5.41) is 12.1. The molecule has 0 amide bonds. The van der Waals surface area contributed by atoms with Crippen molar-refractivity contribution in [1.82, 2.24) is 4.98 Å². The van der Waals surface area contributed by atoms with Crippen LogP contribution in [0.15, 0.2) is 45.3 Å². The highest BCUT2D eigenvalue weighted by atomic mass is 79.9. The zero-order valence-corrected chi connectivity index (χ0v) is 16.3. The van der Waals surface area contributed by atoms with Gasteiger partial charge in [-0.1, -0.05) is 54.6 Å². The number of rotatable bonds is 8. The van der Waals surface area contributed by atoms with Crippen LogP contribution in [0.3, 0.4) is 0 Å². The van der Waals surface area contributed by atoms with Crippen LogP contribution in [0, 0.1) is 0 Å². The summed E-state index contributed by atoms with van der Waals surface area (Å²) in [6.45, 7) is 2.20. The Bertz CT molecular complexity index is 917. The van der Waals surface area contributed by atoms with Gasteiger partial charge in [0.25, 0.3) is 0 Å². The number of fused-ring (bicyclic) bond motifs is 1. The Labute approximate surface area is 161 Å². The van der Waals surface area contributed by atoms with Gasteiger partial charge in [0.05, 0.1) is 11.5 Å². The molecule has 136 valence electrons. The molecule has 3 aromatic rings. The first-order valence-corrected chi connectivity index (χ1v) is 9.78. The molecule has 0 fully saturated rings. The third kappa shape index (κ3) is 4.33. The number of hydrogen-bond acceptors (Lipinski definition) is 4. The van der Waals surface area contributed by atoms with Crippen molar-refractivity contribution in [3.63, 3.8) is 0 Å². The summed E-state index contributed by atoms with van der Waals surface area (Å²) in [7, 11) is 0. The number of nitrogens with zero attached hydrogens (tertiary/aromatic N) is 1. The normalized spacial score (nSPS) is 11.2. The summed E-state index contributed by atoms with van der Waals surface area (Å²) in [4.78, 5) is 16.1. The smallest absolute Gasteiger partial charge is 0.152 e. The van der Waals surface area contributed by atoms with Gasteiger partial charge in [-0.25, -0.2) is 4.98 Å². The minimum absolute atomic E-state index is 0.120. The molecule has 3 rings (SSSR count). The molecule has 4 nitrogen and oxygen atoms in total. The number of hydrogen-bond donors (Lipinski definition) is 0. The Kier molecular flexibility index (Phi) is 6.09. The summed E-state index contributed by atoms with van der Waals surface area (Å²) in [6, 6.07) is 10.6. The lowest BCUT2D eigenvalue weighted by atomic mass is 10.1. The number of unbranched alkanes of at least 4 members (excludes halogenated alkanes) is 4. The maximum Gasteiger partial charge on any atom is 0.152 e. The summed E-state index contributed by atoms with van der Waals surface area (Å²) < 4.78 is 6.74. The van der Waals surface area contributed by atoms with Crippen molar-refractivity contribution in [2.24, 2.45) is 0 Å². The second-order valence-corrected chi connectivity index (χ2v) is 7.35. The van der Waals surface area contributed by atoms with E-state index in [-0.39, 0.29) is 5.56 Å². The molecule has 0 aliphatic rings. The van der Waals surface area contributed by atoms with E-state index in [2.05, 4.69) is 27.8 Å². The van der Waals surface area contributed by atoms with Crippen molar-refractivity contribution in [3.05, 3.63) is 52.2 Å². The number of pyridine rings is 1. The Morgan fingerprint density at radius 1 is 1.12 bits per heavy atom. The van der Waals surface area contributed by atoms with E-state index >= 15 is 0 Å². The van der Waals surface area contributed by atoms with Crippen molar-refractivity contribution in [1.29, 1.82) is 0 Å². The van der Waals surface area contributed by atoms with Crippen LogP contribution in [-0.4, -0.2) is 11.0 Å². The molecule has 0 aliphatic heterocycles. The van der Waals surface area contributed by atoms with Crippen molar-refractivity contribution in [2.75, 3.05) is 0 Å². The molecular weight excluding hydrogens is 394 g/mol. The first-order valence-electron chi connectivity index (χ1n) is 8.99. The predicted molar refractivity (Wildman–Crippen MR) is 104 cm³/mol. The Morgan fingerprint density at radius 3 is 2.69 bits per heavy atom. The third-order valence-electron chi connectivity index (χ3n) is 4.43. The van der Waals surface area contributed by atoms with Gasteiger partial charge < -0.3 is 14.3 Å². The minimum atomic E-state index is -1.22. The highest BCUT2D eigenvalue weighted by molar-refractivity contribution is 9.10. The van der Waals surface area contributed by atoms with Crippen molar-refractivity contribution in [3.8, 4) is 11.5 Å². The molecular formula is C21H21BrNO3-. The highest BCUT2D eigenvalue weighted by Gasteiger charge is 2.12. The number of aryl methyl sites for hydroxylation is 1. The summed E-state index contributed by atoms with van der Waals surface area (Å²) in [6.07, 6.45) is 6.92. The van der Waals surface area contributed by atoms with Gasteiger partial charge in [0.2, 0.25) is 0 Å². The maximum atomic E-state index is 11.5. The van der Waals surface area contributed by atoms with E-state index in [0.29, 0.717) is 22.4 Å². The van der Waals surface area contributed by atoms with Crippen LogP contribution in [0.25, 0.3) is 22.4 Å². The fraction of sp³-hybridized carbons (Fsp3) is 0.333. The van der Waals surface area contributed by atoms with Gasteiger partial charge in [-0.05, 0) is 36.8 Å². The molecule has 0 saturated heterocycles. The van der Waals surface area contributed by atoms with Gasteiger partial charge in [0, 0.05) is 21.8 Å². The average Bonchev–Trinajstić information content (AvgIpc) is 3.09. The zero-order chi connectivity index (χ0) is 18.5. The monoisotopic (exact) mass is 414 g/mol. The molecule has 2 aromatic heterocycles. The topological polar surface area (TPSA) is 66.2 Å². The number of carbonyl (C=O) groups is 1. The largest absolute Gasteiger partial charge is 0.545 e. The predicted octanol–water partition coefficient (Wildman–Crippen LogP) is 5.13. The van der Waals surface area contributed by atoms with E-state index < -0.39 is 5.97 Å². The van der Waals surface area contributed by atoms with Crippen LogP contribution in [0.2, 0.25) is 0 Å². The zero-order valence-electron chi connectivity index (χ0n) is 14.8. The van der Waals surface area contributed by atoms with Crippen molar-refractivity contribution >= 4 is 32.8 Å². The number of furan rings is 1. The number of halogens is 1. The maximum absolute atomic E-state index is 11.5. The molecule has 0 spiro atoms. The molecule has 0 saturated carbocycles. The van der Waals surface area contributed by atoms with E-state index in [0.717, 1.165) is 23.1 Å². The number of carboxylic acid groups (broad SMARTS) is 1. The van der Waals surface area contributed by atoms with Gasteiger partial charge >= 0.3 is 0 Å². The minimum Gasteiger partial charge on any atom is -0.545 e. The number of aromatic carboxylic acids is 1. The van der Waals surface area contributed by atoms with Crippen LogP contribution < -0.4 is 5.11 Å². The van der Waals surface area contributed by atoms with Crippen LogP contribution in [0.5, 0.6) is 0 Å². The first kappa shape index (κ1) is 18.6. The van der Waals surface area contributed by atoms with Gasteiger partial charge in [0.1, 0.15) is 11.5 Å². The van der Waals surface area contributed by atoms with E-state index in [1.54, 1.807) is 18.2 Å². The number of carbonyl (C=O) groups excluding carboxylic acids is 1. The molecule has 2 heterocycles. The second-order valence-electron chi connectivity index (χ2n) is 6.43. The Morgan fingerprint density at radius 2 is 1.92 bits per heavy atom. The summed E-state index contributed by atoms with van der Waals surface area (Å²) >= 11 is 3.40. The average molecular weight is 415 g/mol. The van der Waals surface area contributed by atoms with Gasteiger partial charge in [-0.3, -0.25) is 0 Å². The van der Waals surface area contributed by atoms with Crippen LogP contribution >= 0.6 is 15.9 Å². The fourth-order valence-corrected chi connectivity index (χ4v) is 3.40. The highest BCUT2D eigenvalue weighted by Crippen LogP contribution is 2.28. The molecule has 0 N–H and O–H groups in total. The molecule has 0 unspecified atom stereocenters. The molecule has 0 aliphatic carbocycles. The van der Waals surface area contributed by atoms with E-state index in [1.165, 1.54) is 31.7 Å².